The average molecular weight is 324 g/mol. The van der Waals surface area contributed by atoms with E-state index in [2.05, 4.69) is 0 Å². The van der Waals surface area contributed by atoms with Gasteiger partial charge in [0.25, 0.3) is 0 Å². The Labute approximate surface area is 136 Å². The van der Waals surface area contributed by atoms with E-state index in [-0.39, 0.29) is 6.61 Å². The number of ether oxygens (including phenoxy) is 1. The van der Waals surface area contributed by atoms with Crippen molar-refractivity contribution < 1.29 is 19.6 Å². The van der Waals surface area contributed by atoms with Crippen molar-refractivity contribution in [2.45, 2.75) is 44.9 Å². The number of hydrogen-bond acceptors (Lipinski definition) is 5. The third kappa shape index (κ3) is 6.65. The highest BCUT2D eigenvalue weighted by atomic mass is 16.6. The van der Waals surface area contributed by atoms with Crippen molar-refractivity contribution in [2.75, 3.05) is 13.6 Å². The molecule has 0 radical (unpaired) electrons. The molecule has 0 fully saturated rings. The molecular formula is C16H24N2O5. The first-order valence-electron chi connectivity index (χ1n) is 7.69. The Kier molecular flexibility index (Phi) is 8.04. The van der Waals surface area contributed by atoms with Gasteiger partial charge in [0.15, 0.2) is 0 Å². The number of unbranched alkanes of at least 4 members (excludes halogenated alkanes) is 1. The average Bonchev–Trinajstić information content (AvgIpc) is 2.53. The molecule has 1 N–H and O–H groups in total. The molecule has 2 atom stereocenters. The van der Waals surface area contributed by atoms with Gasteiger partial charge in [0, 0.05) is 12.0 Å². The van der Waals surface area contributed by atoms with Crippen molar-refractivity contribution in [3.05, 3.63) is 46.0 Å². The van der Waals surface area contributed by atoms with E-state index in [1.807, 2.05) is 37.3 Å². The minimum atomic E-state index is -1.22. The van der Waals surface area contributed by atoms with Gasteiger partial charge in [0.05, 0.1) is 6.04 Å². The van der Waals surface area contributed by atoms with Gasteiger partial charge in [0.1, 0.15) is 12.7 Å². The lowest BCUT2D eigenvalue weighted by Gasteiger charge is -2.29. The molecule has 0 spiro atoms. The van der Waals surface area contributed by atoms with Crippen LogP contribution in [0.1, 0.15) is 31.7 Å². The summed E-state index contributed by atoms with van der Waals surface area (Å²) in [6.45, 7) is 1.51. The van der Waals surface area contributed by atoms with E-state index >= 15 is 0 Å². The van der Waals surface area contributed by atoms with Gasteiger partial charge in [-0.1, -0.05) is 50.1 Å². The second-order valence-corrected chi connectivity index (χ2v) is 5.44. The quantitative estimate of drug-likeness (QED) is 0.556. The third-order valence-corrected chi connectivity index (χ3v) is 3.62. The molecule has 1 aromatic carbocycles. The molecule has 0 saturated carbocycles. The number of aliphatic hydroxyl groups excluding tert-OH is 1. The van der Waals surface area contributed by atoms with Crippen molar-refractivity contribution in [3.63, 3.8) is 0 Å². The number of amides is 1. The number of hydrogen-bond donors (Lipinski definition) is 1. The molecule has 0 aliphatic rings. The number of carbonyl (C=O) groups excluding carboxylic acids is 1. The fourth-order valence-corrected chi connectivity index (χ4v) is 2.29. The van der Waals surface area contributed by atoms with Gasteiger partial charge in [-0.15, -0.1) is 0 Å². The number of aliphatic hydroxyl groups is 1. The van der Waals surface area contributed by atoms with Crippen LogP contribution < -0.4 is 0 Å². The lowest BCUT2D eigenvalue weighted by molar-refractivity contribution is -0.491. The maximum absolute atomic E-state index is 12.1. The minimum Gasteiger partial charge on any atom is -0.445 e. The van der Waals surface area contributed by atoms with Crippen LogP contribution in [0.25, 0.3) is 0 Å². The zero-order valence-corrected chi connectivity index (χ0v) is 13.6. The number of nitro groups is 1. The summed E-state index contributed by atoms with van der Waals surface area (Å²) in [7, 11) is 1.50. The molecule has 23 heavy (non-hydrogen) atoms. The molecule has 0 aliphatic heterocycles. The van der Waals surface area contributed by atoms with E-state index in [4.69, 9.17) is 4.74 Å². The molecule has 1 rings (SSSR count). The van der Waals surface area contributed by atoms with Gasteiger partial charge in [-0.05, 0) is 12.0 Å². The fourth-order valence-electron chi connectivity index (χ4n) is 2.29. The molecule has 0 saturated heterocycles. The summed E-state index contributed by atoms with van der Waals surface area (Å²) in [6.07, 6.45) is 0.301. The molecular weight excluding hydrogens is 300 g/mol. The first kappa shape index (κ1) is 18.9. The highest BCUT2D eigenvalue weighted by molar-refractivity contribution is 5.67. The molecule has 128 valence electrons. The van der Waals surface area contributed by atoms with E-state index in [0.717, 1.165) is 18.4 Å². The molecule has 0 heterocycles. The molecule has 1 aromatic rings. The van der Waals surface area contributed by atoms with Gasteiger partial charge < -0.3 is 14.7 Å². The summed E-state index contributed by atoms with van der Waals surface area (Å²) in [5.41, 5.74) is 0.852. The normalized spacial score (nSPS) is 13.2. The monoisotopic (exact) mass is 324 g/mol. The van der Waals surface area contributed by atoms with E-state index in [0.29, 0.717) is 6.42 Å². The zero-order chi connectivity index (χ0) is 17.2. The minimum absolute atomic E-state index is 0.121. The lowest BCUT2D eigenvalue weighted by Crippen LogP contribution is -2.47. The Balaban J connectivity index is 2.64. The third-order valence-electron chi connectivity index (χ3n) is 3.62. The summed E-state index contributed by atoms with van der Waals surface area (Å²) in [5.74, 6) is 0. The number of carbonyl (C=O) groups is 1. The summed E-state index contributed by atoms with van der Waals surface area (Å²) >= 11 is 0. The molecule has 0 aromatic heterocycles. The Morgan fingerprint density at radius 1 is 1.39 bits per heavy atom. The van der Waals surface area contributed by atoms with Crippen LogP contribution in [0.15, 0.2) is 30.3 Å². The van der Waals surface area contributed by atoms with Crippen molar-refractivity contribution in [2.24, 2.45) is 0 Å². The SMILES string of the molecule is CCCC[C@@H](C(O)C[N+](=O)[O-])N(C)C(=O)OCc1ccccc1. The van der Waals surface area contributed by atoms with Gasteiger partial charge in [-0.2, -0.15) is 0 Å². The predicted molar refractivity (Wildman–Crippen MR) is 85.6 cm³/mol. The highest BCUT2D eigenvalue weighted by Crippen LogP contribution is 2.14. The van der Waals surface area contributed by atoms with Crippen molar-refractivity contribution in [1.82, 2.24) is 4.90 Å². The summed E-state index contributed by atoms with van der Waals surface area (Å²) in [4.78, 5) is 23.4. The number of rotatable bonds is 9. The van der Waals surface area contributed by atoms with Gasteiger partial charge >= 0.3 is 6.09 Å². The van der Waals surface area contributed by atoms with Crippen LogP contribution in [0.4, 0.5) is 4.79 Å². The van der Waals surface area contributed by atoms with Gasteiger partial charge in [0.2, 0.25) is 6.54 Å². The van der Waals surface area contributed by atoms with Crippen LogP contribution in [0.3, 0.4) is 0 Å². The first-order chi connectivity index (χ1) is 11.0. The van der Waals surface area contributed by atoms with Crippen LogP contribution in [-0.4, -0.2) is 46.8 Å². The maximum atomic E-state index is 12.1. The van der Waals surface area contributed by atoms with E-state index in [9.17, 15) is 20.0 Å². The summed E-state index contributed by atoms with van der Waals surface area (Å²) < 4.78 is 5.21. The number of benzene rings is 1. The largest absolute Gasteiger partial charge is 0.445 e. The second kappa shape index (κ2) is 9.78. The fraction of sp³-hybridized carbons (Fsp3) is 0.562. The van der Waals surface area contributed by atoms with E-state index < -0.39 is 29.7 Å². The highest BCUT2D eigenvalue weighted by Gasteiger charge is 2.30. The molecule has 0 bridgehead atoms. The molecule has 7 heteroatoms. The maximum Gasteiger partial charge on any atom is 0.410 e. The van der Waals surface area contributed by atoms with Crippen LogP contribution >= 0.6 is 0 Å². The van der Waals surface area contributed by atoms with Crippen LogP contribution in [0.5, 0.6) is 0 Å². The first-order valence-corrected chi connectivity index (χ1v) is 7.69. The molecule has 1 amide bonds. The smallest absolute Gasteiger partial charge is 0.410 e. The molecule has 7 nitrogen and oxygen atoms in total. The summed E-state index contributed by atoms with van der Waals surface area (Å²) in [5, 5.41) is 20.6. The van der Waals surface area contributed by atoms with Crippen molar-refractivity contribution >= 4 is 6.09 Å². The predicted octanol–water partition coefficient (Wildman–Crippen LogP) is 2.45. The van der Waals surface area contributed by atoms with E-state index in [1.54, 1.807) is 0 Å². The van der Waals surface area contributed by atoms with Crippen LogP contribution in [-0.2, 0) is 11.3 Å². The zero-order valence-electron chi connectivity index (χ0n) is 13.6. The number of nitrogens with zero attached hydrogens (tertiary/aromatic N) is 2. The van der Waals surface area contributed by atoms with Gasteiger partial charge in [-0.25, -0.2) is 4.79 Å². The standard InChI is InChI=1S/C16H24N2O5/c1-3-4-10-14(15(19)11-18(21)22)17(2)16(20)23-12-13-8-6-5-7-9-13/h5-9,14-15,19H,3-4,10-12H2,1-2H3/t14-,15?/m0/s1. The van der Waals surface area contributed by atoms with Crippen molar-refractivity contribution in [3.8, 4) is 0 Å². The Morgan fingerprint density at radius 3 is 2.61 bits per heavy atom. The second-order valence-electron chi connectivity index (χ2n) is 5.44. The number of likely N-dealkylation sites (N-methyl/N-ethyl adjacent to an activating group) is 1. The molecule has 0 aliphatic carbocycles. The Morgan fingerprint density at radius 2 is 2.04 bits per heavy atom. The van der Waals surface area contributed by atoms with Crippen LogP contribution in [0.2, 0.25) is 0 Å². The Bertz CT molecular complexity index is 495. The lowest BCUT2D eigenvalue weighted by atomic mass is 10.0. The molecule has 1 unspecified atom stereocenters. The topological polar surface area (TPSA) is 92.9 Å². The van der Waals surface area contributed by atoms with Gasteiger partial charge in [-0.3, -0.25) is 10.1 Å². The van der Waals surface area contributed by atoms with E-state index in [1.165, 1.54) is 11.9 Å². The van der Waals surface area contributed by atoms with Crippen LogP contribution in [0, 0.1) is 10.1 Å². The van der Waals surface area contributed by atoms with Crippen molar-refractivity contribution in [1.29, 1.82) is 0 Å². The Hall–Kier alpha value is -2.15. The summed E-state index contributed by atoms with van der Waals surface area (Å²) in [6, 6.07) is 8.60.